The molecule has 2 nitrogen and oxygen atoms in total. The van der Waals surface area contributed by atoms with E-state index < -0.39 is 0 Å². The summed E-state index contributed by atoms with van der Waals surface area (Å²) in [5.74, 6) is 0. The van der Waals surface area contributed by atoms with Gasteiger partial charge >= 0.3 is 0 Å². The molecule has 2 heteroatoms. The average Bonchev–Trinajstić information content (AvgIpc) is 3.06. The van der Waals surface area contributed by atoms with E-state index in [1.165, 1.54) is 42.0 Å². The Labute approximate surface area is 128 Å². The number of fused-ring (bicyclic) bond motifs is 1. The first kappa shape index (κ1) is 14.6. The normalized spacial score (nSPS) is 17.7. The fourth-order valence-electron chi connectivity index (χ4n) is 3.68. The molecule has 0 aliphatic heterocycles. The van der Waals surface area contributed by atoms with E-state index in [4.69, 9.17) is 0 Å². The minimum absolute atomic E-state index is 0.390. The minimum atomic E-state index is 0.390. The summed E-state index contributed by atoms with van der Waals surface area (Å²) < 4.78 is 0. The van der Waals surface area contributed by atoms with Crippen molar-refractivity contribution >= 4 is 10.8 Å². The van der Waals surface area contributed by atoms with Gasteiger partial charge in [-0.2, -0.15) is 0 Å². The van der Waals surface area contributed by atoms with Crippen LogP contribution in [0.3, 0.4) is 0 Å². The van der Waals surface area contributed by atoms with Gasteiger partial charge < -0.3 is 10.2 Å². The molecular weight excluding hydrogens is 256 g/mol. The highest BCUT2D eigenvalue weighted by Crippen LogP contribution is 2.27. The number of benzene rings is 2. The molecule has 0 heterocycles. The van der Waals surface area contributed by atoms with Gasteiger partial charge in [0, 0.05) is 18.6 Å². The molecule has 1 N–H and O–H groups in total. The van der Waals surface area contributed by atoms with Crippen molar-refractivity contribution in [2.75, 3.05) is 20.6 Å². The minimum Gasteiger partial charge on any atom is -0.312 e. The second-order valence-corrected chi connectivity index (χ2v) is 6.29. The summed E-state index contributed by atoms with van der Waals surface area (Å²) in [5, 5.41) is 6.23. The Kier molecular flexibility index (Phi) is 4.57. The largest absolute Gasteiger partial charge is 0.312 e. The third-order valence-corrected chi connectivity index (χ3v) is 4.97. The van der Waals surface area contributed by atoms with Crippen molar-refractivity contribution in [1.29, 1.82) is 0 Å². The number of nitrogens with zero attached hydrogens (tertiary/aromatic N) is 1. The molecule has 1 unspecified atom stereocenters. The van der Waals surface area contributed by atoms with E-state index in [0.717, 1.165) is 12.6 Å². The SMILES string of the molecule is CNC(CN(C)C1CCCC1)c1cccc2ccccc12. The van der Waals surface area contributed by atoms with Gasteiger partial charge in [0.15, 0.2) is 0 Å². The number of hydrogen-bond acceptors (Lipinski definition) is 2. The molecule has 1 saturated carbocycles. The summed E-state index contributed by atoms with van der Waals surface area (Å²) in [6.45, 7) is 1.08. The molecule has 2 aromatic rings. The number of likely N-dealkylation sites (N-methyl/N-ethyl adjacent to an activating group) is 2. The van der Waals surface area contributed by atoms with Crippen LogP contribution >= 0.6 is 0 Å². The quantitative estimate of drug-likeness (QED) is 0.892. The van der Waals surface area contributed by atoms with Crippen LogP contribution in [0.1, 0.15) is 37.3 Å². The smallest absolute Gasteiger partial charge is 0.0453 e. The Balaban J connectivity index is 1.84. The van der Waals surface area contributed by atoms with E-state index in [1.807, 2.05) is 0 Å². The van der Waals surface area contributed by atoms with E-state index in [-0.39, 0.29) is 0 Å². The Morgan fingerprint density at radius 3 is 2.57 bits per heavy atom. The van der Waals surface area contributed by atoms with Crippen LogP contribution in [-0.4, -0.2) is 31.6 Å². The van der Waals surface area contributed by atoms with Crippen LogP contribution in [0.5, 0.6) is 0 Å². The zero-order valence-electron chi connectivity index (χ0n) is 13.2. The van der Waals surface area contributed by atoms with Gasteiger partial charge in [0.25, 0.3) is 0 Å². The van der Waals surface area contributed by atoms with Gasteiger partial charge in [0.1, 0.15) is 0 Å². The van der Waals surface area contributed by atoms with Crippen molar-refractivity contribution in [3.8, 4) is 0 Å². The Bertz CT molecular complexity index is 582. The molecule has 0 bridgehead atoms. The van der Waals surface area contributed by atoms with E-state index >= 15 is 0 Å². The summed E-state index contributed by atoms with van der Waals surface area (Å²) in [7, 11) is 4.36. The number of hydrogen-bond donors (Lipinski definition) is 1. The molecule has 0 spiro atoms. The highest BCUT2D eigenvalue weighted by Gasteiger charge is 2.22. The monoisotopic (exact) mass is 282 g/mol. The van der Waals surface area contributed by atoms with Crippen molar-refractivity contribution < 1.29 is 0 Å². The van der Waals surface area contributed by atoms with Crippen LogP contribution in [0.4, 0.5) is 0 Å². The molecule has 112 valence electrons. The zero-order chi connectivity index (χ0) is 14.7. The van der Waals surface area contributed by atoms with Gasteiger partial charge in [-0.25, -0.2) is 0 Å². The highest BCUT2D eigenvalue weighted by molar-refractivity contribution is 5.86. The molecular formula is C19H26N2. The maximum absolute atomic E-state index is 3.52. The summed E-state index contributed by atoms with van der Waals surface area (Å²) in [4.78, 5) is 2.55. The fourth-order valence-corrected chi connectivity index (χ4v) is 3.68. The molecule has 3 rings (SSSR count). The van der Waals surface area contributed by atoms with Gasteiger partial charge in [0.05, 0.1) is 0 Å². The molecule has 1 aliphatic carbocycles. The second kappa shape index (κ2) is 6.59. The second-order valence-electron chi connectivity index (χ2n) is 6.29. The summed E-state index contributed by atoms with van der Waals surface area (Å²) in [6.07, 6.45) is 5.52. The van der Waals surface area contributed by atoms with E-state index in [1.54, 1.807) is 0 Å². The predicted molar refractivity (Wildman–Crippen MR) is 90.6 cm³/mol. The van der Waals surface area contributed by atoms with Crippen LogP contribution in [0.15, 0.2) is 42.5 Å². The molecule has 1 aliphatic rings. The first-order valence-corrected chi connectivity index (χ1v) is 8.15. The van der Waals surface area contributed by atoms with Crippen molar-refractivity contribution in [2.45, 2.75) is 37.8 Å². The van der Waals surface area contributed by atoms with Gasteiger partial charge in [-0.3, -0.25) is 0 Å². The van der Waals surface area contributed by atoms with Crippen molar-refractivity contribution in [2.24, 2.45) is 0 Å². The molecule has 0 amide bonds. The molecule has 2 aromatic carbocycles. The van der Waals surface area contributed by atoms with Crippen LogP contribution in [-0.2, 0) is 0 Å². The summed E-state index contributed by atoms with van der Waals surface area (Å²) >= 11 is 0. The molecule has 0 saturated heterocycles. The van der Waals surface area contributed by atoms with E-state index in [0.29, 0.717) is 6.04 Å². The van der Waals surface area contributed by atoms with Crippen molar-refractivity contribution in [3.05, 3.63) is 48.0 Å². The first-order valence-electron chi connectivity index (χ1n) is 8.15. The lowest BCUT2D eigenvalue weighted by molar-refractivity contribution is 0.223. The van der Waals surface area contributed by atoms with Crippen molar-refractivity contribution in [1.82, 2.24) is 10.2 Å². The highest BCUT2D eigenvalue weighted by atomic mass is 15.2. The molecule has 0 radical (unpaired) electrons. The maximum Gasteiger partial charge on any atom is 0.0453 e. The van der Waals surface area contributed by atoms with Crippen LogP contribution in [0.25, 0.3) is 10.8 Å². The predicted octanol–water partition coefficient (Wildman–Crippen LogP) is 3.97. The van der Waals surface area contributed by atoms with Gasteiger partial charge in [-0.05, 0) is 43.3 Å². The number of rotatable bonds is 5. The van der Waals surface area contributed by atoms with Gasteiger partial charge in [0.2, 0.25) is 0 Å². The topological polar surface area (TPSA) is 15.3 Å². The van der Waals surface area contributed by atoms with Crippen LogP contribution in [0.2, 0.25) is 0 Å². The Hall–Kier alpha value is -1.38. The summed E-state index contributed by atoms with van der Waals surface area (Å²) in [6, 6.07) is 16.5. The van der Waals surface area contributed by atoms with E-state index in [9.17, 15) is 0 Å². The van der Waals surface area contributed by atoms with Crippen molar-refractivity contribution in [3.63, 3.8) is 0 Å². The standard InChI is InChI=1S/C19H26N2/c1-20-19(14-21(2)16-10-4-5-11-16)18-13-7-9-15-8-3-6-12-17(15)18/h3,6-9,12-13,16,19-20H,4-5,10-11,14H2,1-2H3. The third kappa shape index (κ3) is 3.12. The zero-order valence-corrected chi connectivity index (χ0v) is 13.2. The maximum atomic E-state index is 3.52. The lowest BCUT2D eigenvalue weighted by Gasteiger charge is -2.29. The average molecular weight is 282 g/mol. The van der Waals surface area contributed by atoms with E-state index in [2.05, 4.69) is 66.8 Å². The Morgan fingerprint density at radius 2 is 1.81 bits per heavy atom. The van der Waals surface area contributed by atoms with Crippen LogP contribution < -0.4 is 5.32 Å². The number of nitrogens with one attached hydrogen (secondary N) is 1. The lowest BCUT2D eigenvalue weighted by atomic mass is 9.98. The molecule has 21 heavy (non-hydrogen) atoms. The first-order chi connectivity index (χ1) is 10.3. The third-order valence-electron chi connectivity index (χ3n) is 4.97. The molecule has 1 atom stereocenters. The summed E-state index contributed by atoms with van der Waals surface area (Å²) in [5.41, 5.74) is 1.42. The Morgan fingerprint density at radius 1 is 1.10 bits per heavy atom. The fraction of sp³-hybridized carbons (Fsp3) is 0.474. The van der Waals surface area contributed by atoms with Crippen LogP contribution in [0, 0.1) is 0 Å². The lowest BCUT2D eigenvalue weighted by Crippen LogP contribution is -2.36. The molecule has 1 fully saturated rings. The van der Waals surface area contributed by atoms with Gasteiger partial charge in [-0.15, -0.1) is 0 Å². The molecule has 0 aromatic heterocycles. The van der Waals surface area contributed by atoms with Gasteiger partial charge in [-0.1, -0.05) is 55.3 Å².